The molecule has 2 heterocycles. The molecule has 3 N–H and O–H groups in total. The van der Waals surface area contributed by atoms with Gasteiger partial charge in [0.1, 0.15) is 23.9 Å². The fourth-order valence-electron chi connectivity index (χ4n) is 8.20. The minimum Gasteiger partial charge on any atom is -0.459 e. The highest BCUT2D eigenvalue weighted by Crippen LogP contribution is 2.72. The number of aliphatic hydroxyl groups excluding tert-OH is 3. The molecular weight excluding hydrogens is 444 g/mol. The lowest BCUT2D eigenvalue weighted by Crippen LogP contribution is -2.78. The molecule has 5 aliphatic rings. The van der Waals surface area contributed by atoms with E-state index in [-0.39, 0.29) is 24.9 Å². The molecule has 0 aromatic rings. The zero-order valence-electron chi connectivity index (χ0n) is 20.2. The summed E-state index contributed by atoms with van der Waals surface area (Å²) in [5, 5.41) is 34.0. The van der Waals surface area contributed by atoms with E-state index in [9.17, 15) is 29.7 Å². The molecule has 0 aromatic carbocycles. The van der Waals surface area contributed by atoms with Crippen molar-refractivity contribution >= 4 is 17.7 Å². The van der Waals surface area contributed by atoms with Crippen LogP contribution in [0.1, 0.15) is 47.5 Å². The number of hydrogen-bond acceptors (Lipinski definition) is 9. The Morgan fingerprint density at radius 3 is 2.53 bits per heavy atom. The van der Waals surface area contributed by atoms with Crippen molar-refractivity contribution < 1.29 is 43.9 Å². The lowest BCUT2D eigenvalue weighted by Gasteiger charge is -2.68. The molecule has 9 heteroatoms. The van der Waals surface area contributed by atoms with E-state index in [0.717, 1.165) is 5.57 Å². The highest BCUT2D eigenvalue weighted by molar-refractivity contribution is 5.96. The van der Waals surface area contributed by atoms with Crippen molar-refractivity contribution in [3.63, 3.8) is 0 Å². The third kappa shape index (κ3) is 2.72. The Morgan fingerprint density at radius 1 is 1.21 bits per heavy atom. The summed E-state index contributed by atoms with van der Waals surface area (Å²) in [6.45, 7) is 8.94. The highest BCUT2D eigenvalue weighted by Gasteiger charge is 2.82. The second-order valence-electron chi connectivity index (χ2n) is 11.8. The van der Waals surface area contributed by atoms with Crippen molar-refractivity contribution in [2.45, 2.75) is 83.6 Å². The molecular formula is C25H34O9. The van der Waals surface area contributed by atoms with Crippen molar-refractivity contribution in [1.29, 1.82) is 0 Å². The van der Waals surface area contributed by atoms with Crippen LogP contribution in [-0.4, -0.2) is 75.8 Å². The van der Waals surface area contributed by atoms with Crippen LogP contribution in [0, 0.1) is 34.5 Å². The number of esters is 2. The van der Waals surface area contributed by atoms with E-state index in [2.05, 4.69) is 0 Å². The predicted octanol–water partition coefficient (Wildman–Crippen LogP) is 0.529. The molecule has 3 aliphatic carbocycles. The monoisotopic (exact) mass is 478 g/mol. The molecule has 2 saturated heterocycles. The van der Waals surface area contributed by atoms with Crippen LogP contribution in [0.3, 0.4) is 0 Å². The molecule has 2 bridgehead atoms. The summed E-state index contributed by atoms with van der Waals surface area (Å²) in [4.78, 5) is 38.6. The number of hydrogen-bond donors (Lipinski definition) is 3. The SMILES string of the molecule is CC1=CC(=O)[C@@H](O)[C@]2(C)[C@H]3[C@@H](O)[C@H](O)[C@@]4(C)OC[C@@]35[C@@H](C[C@@H]12)OC(=O)[C@H](OC(=O)CC(C)C)[C@@H]45. The molecule has 34 heavy (non-hydrogen) atoms. The first-order valence-electron chi connectivity index (χ1n) is 12.1. The summed E-state index contributed by atoms with van der Waals surface area (Å²) in [6.07, 6.45) is -4.36. The molecule has 5 rings (SSSR count). The van der Waals surface area contributed by atoms with Gasteiger partial charge in [-0.05, 0) is 38.2 Å². The van der Waals surface area contributed by atoms with Crippen LogP contribution in [0.25, 0.3) is 0 Å². The van der Waals surface area contributed by atoms with Crippen LogP contribution >= 0.6 is 0 Å². The van der Waals surface area contributed by atoms with Gasteiger partial charge in [0.15, 0.2) is 5.78 Å². The molecule has 9 nitrogen and oxygen atoms in total. The van der Waals surface area contributed by atoms with Crippen molar-refractivity contribution in [2.24, 2.45) is 34.5 Å². The van der Waals surface area contributed by atoms with Gasteiger partial charge in [0.05, 0.1) is 18.6 Å². The van der Waals surface area contributed by atoms with Crippen LogP contribution in [0.2, 0.25) is 0 Å². The van der Waals surface area contributed by atoms with Crippen molar-refractivity contribution in [3.8, 4) is 0 Å². The molecule has 188 valence electrons. The second-order valence-corrected chi connectivity index (χ2v) is 11.8. The molecule has 1 spiro atoms. The number of rotatable bonds is 3. The smallest absolute Gasteiger partial charge is 0.348 e. The number of fused-ring (bicyclic) bond motifs is 2. The number of aliphatic hydroxyl groups is 3. The van der Waals surface area contributed by atoms with Gasteiger partial charge < -0.3 is 29.5 Å². The average Bonchev–Trinajstić information content (AvgIpc) is 3.01. The molecule has 2 saturated carbocycles. The van der Waals surface area contributed by atoms with Crippen molar-refractivity contribution in [2.75, 3.05) is 6.61 Å². The van der Waals surface area contributed by atoms with Gasteiger partial charge in [0, 0.05) is 23.2 Å². The van der Waals surface area contributed by atoms with Crippen LogP contribution in [0.15, 0.2) is 11.6 Å². The molecule has 11 atom stereocenters. The predicted molar refractivity (Wildman–Crippen MR) is 116 cm³/mol. The normalized spacial score (nSPS) is 51.4. The van der Waals surface area contributed by atoms with Gasteiger partial charge in [-0.25, -0.2) is 4.79 Å². The standard InChI is InChI=1S/C25H34O9/c1-10(2)6-15(27)34-17-19-24(5)21(30)16(28)18-23(4)12(11(3)7-13(26)20(23)29)8-14(33-22(17)31)25(18,19)9-32-24/h7,10,12,14,16-21,28-30H,6,8-9H2,1-5H3/t12-,14+,16+,17+,18+,19-,20+,21-,23-,24-,25+/m0/s1. The number of carbonyl (C=O) groups excluding carboxylic acids is 3. The summed E-state index contributed by atoms with van der Waals surface area (Å²) in [5.74, 6) is -3.71. The Kier molecular flexibility index (Phi) is 5.17. The highest BCUT2D eigenvalue weighted by atomic mass is 16.6. The minimum atomic E-state index is -1.43. The molecule has 4 fully saturated rings. The molecule has 0 radical (unpaired) electrons. The van der Waals surface area contributed by atoms with E-state index in [1.165, 1.54) is 6.08 Å². The topological polar surface area (TPSA) is 140 Å². The van der Waals surface area contributed by atoms with E-state index < -0.39 is 76.5 Å². The molecule has 0 amide bonds. The molecule has 2 aliphatic heterocycles. The van der Waals surface area contributed by atoms with E-state index in [4.69, 9.17) is 14.2 Å². The number of allylic oxidation sites excluding steroid dienone is 1. The zero-order valence-corrected chi connectivity index (χ0v) is 20.2. The van der Waals surface area contributed by atoms with Crippen LogP contribution in [0.4, 0.5) is 0 Å². The molecule has 0 unspecified atom stereocenters. The largest absolute Gasteiger partial charge is 0.459 e. The average molecular weight is 479 g/mol. The maximum absolute atomic E-state index is 13.2. The maximum Gasteiger partial charge on any atom is 0.348 e. The molecule has 0 aromatic heterocycles. The maximum atomic E-state index is 13.2. The van der Waals surface area contributed by atoms with E-state index in [0.29, 0.717) is 6.42 Å². The van der Waals surface area contributed by atoms with Crippen LogP contribution in [0.5, 0.6) is 0 Å². The summed E-state index contributed by atoms with van der Waals surface area (Å²) in [7, 11) is 0. The van der Waals surface area contributed by atoms with Crippen molar-refractivity contribution in [3.05, 3.63) is 11.6 Å². The van der Waals surface area contributed by atoms with Gasteiger partial charge in [0.25, 0.3) is 0 Å². The van der Waals surface area contributed by atoms with Gasteiger partial charge >= 0.3 is 11.9 Å². The number of ether oxygens (including phenoxy) is 3. The van der Waals surface area contributed by atoms with Gasteiger partial charge in [-0.1, -0.05) is 26.3 Å². The van der Waals surface area contributed by atoms with Gasteiger partial charge in [0.2, 0.25) is 6.10 Å². The summed E-state index contributed by atoms with van der Waals surface area (Å²) < 4.78 is 17.8. The third-order valence-electron chi connectivity index (χ3n) is 9.54. The van der Waals surface area contributed by atoms with Gasteiger partial charge in [-0.2, -0.15) is 0 Å². The number of carbonyl (C=O) groups is 3. The second kappa shape index (κ2) is 7.35. The van der Waals surface area contributed by atoms with Crippen molar-refractivity contribution in [1.82, 2.24) is 0 Å². The van der Waals surface area contributed by atoms with Crippen LogP contribution < -0.4 is 0 Å². The van der Waals surface area contributed by atoms with E-state index in [1.54, 1.807) is 20.8 Å². The quantitative estimate of drug-likeness (QED) is 0.496. The fourth-order valence-corrected chi connectivity index (χ4v) is 8.20. The first kappa shape index (κ1) is 23.9. The third-order valence-corrected chi connectivity index (χ3v) is 9.54. The summed E-state index contributed by atoms with van der Waals surface area (Å²) in [6, 6.07) is 0. The van der Waals surface area contributed by atoms with E-state index in [1.807, 2.05) is 13.8 Å². The Balaban J connectivity index is 1.68. The van der Waals surface area contributed by atoms with E-state index >= 15 is 0 Å². The number of ketones is 1. The van der Waals surface area contributed by atoms with Gasteiger partial charge in [-0.3, -0.25) is 9.59 Å². The van der Waals surface area contributed by atoms with Crippen LogP contribution in [-0.2, 0) is 28.6 Å². The van der Waals surface area contributed by atoms with Gasteiger partial charge in [-0.15, -0.1) is 0 Å². The Bertz CT molecular complexity index is 973. The lowest BCUT2D eigenvalue weighted by molar-refractivity contribution is -0.297. The Morgan fingerprint density at radius 2 is 1.88 bits per heavy atom. The fraction of sp³-hybridized carbons (Fsp3) is 0.800. The Hall–Kier alpha value is -1.81. The zero-order chi connectivity index (χ0) is 25.0. The Labute approximate surface area is 198 Å². The minimum absolute atomic E-state index is 0.0145. The summed E-state index contributed by atoms with van der Waals surface area (Å²) in [5.41, 5.74) is -2.83. The first-order chi connectivity index (χ1) is 15.8. The lowest BCUT2D eigenvalue weighted by atomic mass is 9.38. The summed E-state index contributed by atoms with van der Waals surface area (Å²) >= 11 is 0. The first-order valence-corrected chi connectivity index (χ1v) is 12.1.